The number of hydrogen-bond donors (Lipinski definition) is 0. The zero-order chi connectivity index (χ0) is 12.3. The molecule has 0 aliphatic carbocycles. The molecule has 5 heteroatoms. The highest BCUT2D eigenvalue weighted by molar-refractivity contribution is 9.10. The Bertz CT molecular complexity index is 419. The topological polar surface area (TPSA) is 26.3 Å². The van der Waals surface area contributed by atoms with Crippen LogP contribution in [-0.2, 0) is 16.0 Å². The van der Waals surface area contributed by atoms with Crippen molar-refractivity contribution in [3.05, 3.63) is 34.1 Å². The molecule has 0 bridgehead atoms. The van der Waals surface area contributed by atoms with Gasteiger partial charge in [0.25, 0.3) is 0 Å². The first-order chi connectivity index (χ1) is 8.16. The van der Waals surface area contributed by atoms with Crippen LogP contribution < -0.4 is 0 Å². The first kappa shape index (κ1) is 13.1. The number of thioether (sulfide) groups is 1. The van der Waals surface area contributed by atoms with Crippen molar-refractivity contribution in [3.63, 3.8) is 0 Å². The predicted octanol–water partition coefficient (Wildman–Crippen LogP) is 2.83. The standard InChI is InChI=1S/C12H12BrFO2S/c13-9-2-1-8(10(14)6-9)5-11(15)12-7-17-4-3-16-12/h1-2,6,12H,3-5,7H2. The SMILES string of the molecule is O=C(Cc1ccc(Br)cc1F)C1CSCCO1. The Hall–Kier alpha value is -0.390. The van der Waals surface area contributed by atoms with Gasteiger partial charge in [0.05, 0.1) is 6.61 Å². The average Bonchev–Trinajstić information content (AvgIpc) is 2.34. The van der Waals surface area contributed by atoms with Gasteiger partial charge >= 0.3 is 0 Å². The molecule has 1 heterocycles. The molecule has 1 fully saturated rings. The molecular weight excluding hydrogens is 307 g/mol. The number of carbonyl (C=O) groups excluding carboxylic acids is 1. The first-order valence-corrected chi connectivity index (χ1v) is 7.27. The molecule has 0 amide bonds. The molecule has 17 heavy (non-hydrogen) atoms. The van der Waals surface area contributed by atoms with E-state index in [4.69, 9.17) is 4.74 Å². The molecule has 0 N–H and O–H groups in total. The van der Waals surface area contributed by atoms with Gasteiger partial charge in [0, 0.05) is 22.4 Å². The second-order valence-corrected chi connectivity index (χ2v) is 5.88. The normalized spacial score (nSPS) is 20.2. The van der Waals surface area contributed by atoms with Crippen molar-refractivity contribution < 1.29 is 13.9 Å². The van der Waals surface area contributed by atoms with Crippen LogP contribution in [0.25, 0.3) is 0 Å². The van der Waals surface area contributed by atoms with Crippen molar-refractivity contribution in [2.45, 2.75) is 12.5 Å². The summed E-state index contributed by atoms with van der Waals surface area (Å²) >= 11 is 4.89. The van der Waals surface area contributed by atoms with E-state index in [0.29, 0.717) is 22.4 Å². The fourth-order valence-corrected chi connectivity index (χ4v) is 2.85. The number of hydrogen-bond acceptors (Lipinski definition) is 3. The summed E-state index contributed by atoms with van der Waals surface area (Å²) in [6.07, 6.45) is -0.276. The summed E-state index contributed by atoms with van der Waals surface area (Å²) in [5.74, 6) is 1.21. The van der Waals surface area contributed by atoms with Crippen LogP contribution in [0.15, 0.2) is 22.7 Å². The van der Waals surface area contributed by atoms with Gasteiger partial charge in [-0.2, -0.15) is 11.8 Å². The number of halogens is 2. The fraction of sp³-hybridized carbons (Fsp3) is 0.417. The Morgan fingerprint density at radius 1 is 1.59 bits per heavy atom. The Kier molecular flexibility index (Phi) is 4.59. The Labute approximate surface area is 112 Å². The highest BCUT2D eigenvalue weighted by Crippen LogP contribution is 2.19. The number of rotatable bonds is 3. The van der Waals surface area contributed by atoms with Crippen LogP contribution in [0.1, 0.15) is 5.56 Å². The lowest BCUT2D eigenvalue weighted by molar-refractivity contribution is -0.128. The highest BCUT2D eigenvalue weighted by atomic mass is 79.9. The summed E-state index contributed by atoms with van der Waals surface area (Å²) in [5.41, 5.74) is 0.428. The molecule has 1 aliphatic rings. The molecule has 1 aliphatic heterocycles. The minimum Gasteiger partial charge on any atom is -0.369 e. The molecule has 0 radical (unpaired) electrons. The number of ether oxygens (including phenoxy) is 1. The molecule has 92 valence electrons. The lowest BCUT2D eigenvalue weighted by Gasteiger charge is -2.21. The summed E-state index contributed by atoms with van der Waals surface area (Å²) in [5, 5.41) is 0. The Morgan fingerprint density at radius 2 is 2.41 bits per heavy atom. The maximum Gasteiger partial charge on any atom is 0.166 e. The highest BCUT2D eigenvalue weighted by Gasteiger charge is 2.23. The van der Waals surface area contributed by atoms with Gasteiger partial charge in [-0.15, -0.1) is 0 Å². The maximum absolute atomic E-state index is 13.5. The van der Waals surface area contributed by atoms with Crippen molar-refractivity contribution >= 4 is 33.5 Å². The van der Waals surface area contributed by atoms with Crippen molar-refractivity contribution in [1.29, 1.82) is 0 Å². The van der Waals surface area contributed by atoms with Gasteiger partial charge in [-0.25, -0.2) is 4.39 Å². The van der Waals surface area contributed by atoms with Gasteiger partial charge in [0.2, 0.25) is 0 Å². The number of carbonyl (C=O) groups is 1. The molecule has 0 spiro atoms. The van der Waals surface area contributed by atoms with E-state index < -0.39 is 0 Å². The van der Waals surface area contributed by atoms with E-state index in [1.165, 1.54) is 6.07 Å². The molecular formula is C12H12BrFO2S. The van der Waals surface area contributed by atoms with Gasteiger partial charge in [0.15, 0.2) is 5.78 Å². The zero-order valence-electron chi connectivity index (χ0n) is 9.12. The predicted molar refractivity (Wildman–Crippen MR) is 69.9 cm³/mol. The molecule has 0 aromatic heterocycles. The number of Topliss-reactive ketones (excluding diaryl/α,β-unsaturated/α-hetero) is 1. The molecule has 0 saturated carbocycles. The minimum absolute atomic E-state index is 0.0431. The zero-order valence-corrected chi connectivity index (χ0v) is 11.5. The van der Waals surface area contributed by atoms with Crippen molar-refractivity contribution in [3.8, 4) is 0 Å². The number of ketones is 1. The number of benzene rings is 1. The van der Waals surface area contributed by atoms with Crippen LogP contribution in [0.3, 0.4) is 0 Å². The summed E-state index contributed by atoms with van der Waals surface area (Å²) in [6.45, 7) is 0.601. The lowest BCUT2D eigenvalue weighted by Crippen LogP contribution is -2.32. The molecule has 1 saturated heterocycles. The first-order valence-electron chi connectivity index (χ1n) is 5.33. The molecule has 1 unspecified atom stereocenters. The third-order valence-corrected chi connectivity index (χ3v) is 4.04. The molecule has 1 aromatic rings. The summed E-state index contributed by atoms with van der Waals surface area (Å²) < 4.78 is 19.6. The van der Waals surface area contributed by atoms with E-state index in [-0.39, 0.29) is 24.1 Å². The molecule has 2 nitrogen and oxygen atoms in total. The Morgan fingerprint density at radius 3 is 3.06 bits per heavy atom. The summed E-state index contributed by atoms with van der Waals surface area (Å²) in [6, 6.07) is 4.74. The molecule has 2 rings (SSSR count). The van der Waals surface area contributed by atoms with E-state index in [0.717, 1.165) is 5.75 Å². The molecule has 1 atom stereocenters. The van der Waals surface area contributed by atoms with Crippen LogP contribution in [0.4, 0.5) is 4.39 Å². The van der Waals surface area contributed by atoms with Crippen molar-refractivity contribution in [1.82, 2.24) is 0 Å². The quantitative estimate of drug-likeness (QED) is 0.857. The van der Waals surface area contributed by atoms with Gasteiger partial charge in [-0.3, -0.25) is 4.79 Å². The summed E-state index contributed by atoms with van der Waals surface area (Å²) in [4.78, 5) is 11.9. The van der Waals surface area contributed by atoms with Crippen molar-refractivity contribution in [2.75, 3.05) is 18.1 Å². The maximum atomic E-state index is 13.5. The minimum atomic E-state index is -0.378. The van der Waals surface area contributed by atoms with Gasteiger partial charge in [-0.05, 0) is 17.7 Å². The Balaban J connectivity index is 2.02. The van der Waals surface area contributed by atoms with E-state index in [9.17, 15) is 9.18 Å². The van der Waals surface area contributed by atoms with E-state index in [1.807, 2.05) is 0 Å². The third-order valence-electron chi connectivity index (χ3n) is 2.55. The smallest absolute Gasteiger partial charge is 0.166 e. The second kappa shape index (κ2) is 5.98. The van der Waals surface area contributed by atoms with E-state index in [1.54, 1.807) is 23.9 Å². The van der Waals surface area contributed by atoms with Crippen LogP contribution in [0, 0.1) is 5.82 Å². The van der Waals surface area contributed by atoms with Gasteiger partial charge < -0.3 is 4.74 Å². The second-order valence-electron chi connectivity index (χ2n) is 3.81. The van der Waals surface area contributed by atoms with Crippen molar-refractivity contribution in [2.24, 2.45) is 0 Å². The van der Waals surface area contributed by atoms with Crippen LogP contribution in [-0.4, -0.2) is 30.0 Å². The van der Waals surface area contributed by atoms with Gasteiger partial charge in [-0.1, -0.05) is 22.0 Å². The van der Waals surface area contributed by atoms with Gasteiger partial charge in [0.1, 0.15) is 11.9 Å². The monoisotopic (exact) mass is 318 g/mol. The van der Waals surface area contributed by atoms with E-state index in [2.05, 4.69) is 15.9 Å². The molecule has 1 aromatic carbocycles. The van der Waals surface area contributed by atoms with Crippen LogP contribution in [0.2, 0.25) is 0 Å². The van der Waals surface area contributed by atoms with Crippen LogP contribution >= 0.6 is 27.7 Å². The lowest BCUT2D eigenvalue weighted by atomic mass is 10.1. The average molecular weight is 319 g/mol. The van der Waals surface area contributed by atoms with E-state index >= 15 is 0 Å². The fourth-order valence-electron chi connectivity index (χ4n) is 1.64. The van der Waals surface area contributed by atoms with Crippen LogP contribution in [0.5, 0.6) is 0 Å². The third kappa shape index (κ3) is 3.53. The largest absolute Gasteiger partial charge is 0.369 e. The summed E-state index contributed by atoms with van der Waals surface area (Å²) in [7, 11) is 0.